The van der Waals surface area contributed by atoms with Gasteiger partial charge in [-0.15, -0.1) is 0 Å². The molecule has 1 fully saturated rings. The summed E-state index contributed by atoms with van der Waals surface area (Å²) in [4.78, 5) is 17.3. The van der Waals surface area contributed by atoms with Crippen LogP contribution in [0.1, 0.15) is 29.6 Å². The molecule has 2 heterocycles. The van der Waals surface area contributed by atoms with E-state index in [1.165, 1.54) is 13.2 Å². The summed E-state index contributed by atoms with van der Waals surface area (Å²) in [5, 5.41) is 13.0. The number of carbonyl (C=O) groups excluding carboxylic acids is 1. The highest BCUT2D eigenvalue weighted by molar-refractivity contribution is 6.02. The number of carbonyl (C=O) groups is 1. The number of imidazole rings is 1. The van der Waals surface area contributed by atoms with Gasteiger partial charge in [0.25, 0.3) is 0 Å². The van der Waals surface area contributed by atoms with Gasteiger partial charge < -0.3 is 9.47 Å². The van der Waals surface area contributed by atoms with E-state index in [2.05, 4.69) is 10.1 Å². The highest BCUT2D eigenvalue weighted by atomic mass is 19.3. The van der Waals surface area contributed by atoms with Crippen molar-refractivity contribution < 1.29 is 23.0 Å². The van der Waals surface area contributed by atoms with Crippen LogP contribution in [0.25, 0.3) is 27.8 Å². The molecule has 0 atom stereocenters. The summed E-state index contributed by atoms with van der Waals surface area (Å²) in [6.45, 7) is -2.94. The van der Waals surface area contributed by atoms with Crippen molar-refractivity contribution >= 4 is 16.8 Å². The Hall–Kier alpha value is -4.26. The lowest BCUT2D eigenvalue weighted by molar-refractivity contribution is -0.0502. The number of fused-ring (bicyclic) bond motifs is 1. The van der Waals surface area contributed by atoms with Crippen LogP contribution in [0.2, 0.25) is 0 Å². The zero-order chi connectivity index (χ0) is 24.5. The lowest BCUT2D eigenvalue weighted by Gasteiger charge is -2.16. The van der Waals surface area contributed by atoms with Crippen LogP contribution < -0.4 is 9.47 Å². The van der Waals surface area contributed by atoms with Gasteiger partial charge in [-0.1, -0.05) is 6.07 Å². The molecule has 4 aromatic rings. The van der Waals surface area contributed by atoms with Gasteiger partial charge in [0, 0.05) is 30.3 Å². The number of aromatic nitrogens is 4. The van der Waals surface area contributed by atoms with E-state index in [9.17, 15) is 13.6 Å². The monoisotopic (exact) mass is 477 g/mol. The molecule has 10 heteroatoms. The van der Waals surface area contributed by atoms with Crippen LogP contribution >= 0.6 is 0 Å². The fourth-order valence-electron chi connectivity index (χ4n) is 4.10. The first kappa shape index (κ1) is 22.5. The van der Waals surface area contributed by atoms with Gasteiger partial charge in [-0.2, -0.15) is 19.1 Å². The van der Waals surface area contributed by atoms with Crippen LogP contribution in [-0.4, -0.2) is 38.8 Å². The maximum absolute atomic E-state index is 13.2. The second kappa shape index (κ2) is 9.18. The smallest absolute Gasteiger partial charge is 0.387 e. The average molecular weight is 477 g/mol. The lowest BCUT2D eigenvalue weighted by atomic mass is 10.0. The number of nitrogens with zero attached hydrogens (tertiary/aromatic N) is 5. The van der Waals surface area contributed by atoms with E-state index < -0.39 is 6.61 Å². The van der Waals surface area contributed by atoms with E-state index in [4.69, 9.17) is 14.7 Å². The molecule has 0 spiro atoms. The Morgan fingerprint density at radius 3 is 2.74 bits per heavy atom. The first-order valence-corrected chi connectivity index (χ1v) is 11.0. The standard InChI is InChI=1S/C25H21F2N5O3/c1-34-22-10-18(11-23(35-25(26)27)24(22)21(33)8-15-2-3-15)32-14-29-19-9-16(4-5-20(19)32)17-12-30-31(13-17)7-6-28/h4-5,9-15,25H,2-3,7-8H2,1H3. The zero-order valence-corrected chi connectivity index (χ0v) is 18.8. The van der Waals surface area contributed by atoms with Gasteiger partial charge in [0.1, 0.15) is 29.9 Å². The third-order valence-corrected chi connectivity index (χ3v) is 5.96. The summed E-state index contributed by atoms with van der Waals surface area (Å²) in [7, 11) is 1.39. The molecule has 5 rings (SSSR count). The van der Waals surface area contributed by atoms with Gasteiger partial charge in [-0.25, -0.2) is 4.98 Å². The Kier molecular flexibility index (Phi) is 5.91. The largest absolute Gasteiger partial charge is 0.496 e. The number of benzene rings is 2. The van der Waals surface area contributed by atoms with Crippen molar-refractivity contribution in [3.63, 3.8) is 0 Å². The van der Waals surface area contributed by atoms with Crippen molar-refractivity contribution in [2.24, 2.45) is 5.92 Å². The number of ether oxygens (including phenoxy) is 2. The molecular weight excluding hydrogens is 456 g/mol. The molecule has 0 aliphatic heterocycles. The predicted molar refractivity (Wildman–Crippen MR) is 123 cm³/mol. The predicted octanol–water partition coefficient (Wildman–Crippen LogP) is 5.01. The van der Waals surface area contributed by atoms with E-state index in [1.54, 1.807) is 34.0 Å². The number of hydrogen-bond acceptors (Lipinski definition) is 6. The molecule has 8 nitrogen and oxygen atoms in total. The molecule has 1 saturated carbocycles. The number of alkyl halides is 2. The summed E-state index contributed by atoms with van der Waals surface area (Å²) in [5.41, 5.74) is 3.60. The van der Waals surface area contributed by atoms with Crippen LogP contribution in [-0.2, 0) is 6.54 Å². The molecule has 178 valence electrons. The van der Waals surface area contributed by atoms with Crippen LogP contribution in [0.4, 0.5) is 8.78 Å². The number of ketones is 1. The van der Waals surface area contributed by atoms with Gasteiger partial charge >= 0.3 is 6.61 Å². The number of hydrogen-bond donors (Lipinski definition) is 0. The van der Waals surface area contributed by atoms with Crippen molar-refractivity contribution in [3.05, 3.63) is 54.6 Å². The number of rotatable bonds is 9. The molecule has 0 radical (unpaired) electrons. The quantitative estimate of drug-likeness (QED) is 0.315. The van der Waals surface area contributed by atoms with Crippen molar-refractivity contribution in [1.29, 1.82) is 5.26 Å². The number of methoxy groups -OCH3 is 1. The van der Waals surface area contributed by atoms with Crippen molar-refractivity contribution in [3.8, 4) is 34.4 Å². The van der Waals surface area contributed by atoms with E-state index in [-0.39, 0.29) is 41.7 Å². The summed E-state index contributed by atoms with van der Waals surface area (Å²) >= 11 is 0. The van der Waals surface area contributed by atoms with Crippen LogP contribution in [0.15, 0.2) is 49.1 Å². The lowest BCUT2D eigenvalue weighted by Crippen LogP contribution is -2.11. The highest BCUT2D eigenvalue weighted by Gasteiger charge is 2.29. The van der Waals surface area contributed by atoms with Crippen LogP contribution in [0.3, 0.4) is 0 Å². The second-order valence-corrected chi connectivity index (χ2v) is 8.37. The Bertz CT molecular complexity index is 1450. The Labute approximate surface area is 199 Å². The third-order valence-electron chi connectivity index (χ3n) is 5.96. The summed E-state index contributed by atoms with van der Waals surface area (Å²) < 4.78 is 39.9. The number of Topliss-reactive ketones (excluding diaryl/α,β-unsaturated/α-hetero) is 1. The Morgan fingerprint density at radius 2 is 2.03 bits per heavy atom. The van der Waals surface area contributed by atoms with E-state index in [0.29, 0.717) is 11.2 Å². The number of nitriles is 1. The first-order chi connectivity index (χ1) is 17.0. The maximum atomic E-state index is 13.2. The normalized spacial score (nSPS) is 13.2. The molecule has 0 saturated heterocycles. The van der Waals surface area contributed by atoms with Gasteiger partial charge in [0.05, 0.1) is 36.1 Å². The molecule has 1 aliphatic rings. The summed E-state index contributed by atoms with van der Waals surface area (Å²) in [6.07, 6.45) is 7.21. The average Bonchev–Trinajstić information content (AvgIpc) is 3.35. The minimum Gasteiger partial charge on any atom is -0.496 e. The summed E-state index contributed by atoms with van der Waals surface area (Å²) in [6, 6.07) is 10.7. The first-order valence-electron chi connectivity index (χ1n) is 11.0. The van der Waals surface area contributed by atoms with Gasteiger partial charge in [0.2, 0.25) is 0 Å². The minimum absolute atomic E-state index is 0.0320. The fourth-order valence-corrected chi connectivity index (χ4v) is 4.10. The van der Waals surface area contributed by atoms with Crippen LogP contribution in [0, 0.1) is 17.2 Å². The molecule has 0 amide bonds. The fraction of sp³-hybridized carbons (Fsp3) is 0.280. The molecule has 1 aliphatic carbocycles. The molecular formula is C25H21F2N5O3. The third kappa shape index (κ3) is 4.57. The molecule has 0 unspecified atom stereocenters. The van der Waals surface area contributed by atoms with E-state index in [1.807, 2.05) is 24.3 Å². The van der Waals surface area contributed by atoms with E-state index >= 15 is 0 Å². The van der Waals surface area contributed by atoms with E-state index in [0.717, 1.165) is 29.5 Å². The van der Waals surface area contributed by atoms with Crippen molar-refractivity contribution in [2.75, 3.05) is 7.11 Å². The minimum atomic E-state index is -3.09. The molecule has 2 aromatic heterocycles. The molecule has 2 aromatic carbocycles. The SMILES string of the molecule is COc1cc(-n2cnc3cc(-c4cnn(CC#N)c4)ccc32)cc(OC(F)F)c1C(=O)CC1CC1. The zero-order valence-electron chi connectivity index (χ0n) is 18.8. The molecule has 35 heavy (non-hydrogen) atoms. The number of halogens is 2. The van der Waals surface area contributed by atoms with Crippen LogP contribution in [0.5, 0.6) is 11.5 Å². The van der Waals surface area contributed by atoms with Gasteiger partial charge in [0.15, 0.2) is 5.78 Å². The highest BCUT2D eigenvalue weighted by Crippen LogP contribution is 2.39. The topological polar surface area (TPSA) is 95.0 Å². The molecule has 0 N–H and O–H groups in total. The second-order valence-electron chi connectivity index (χ2n) is 8.37. The Balaban J connectivity index is 1.55. The summed E-state index contributed by atoms with van der Waals surface area (Å²) in [5.74, 6) is -0.0377. The molecule has 0 bridgehead atoms. The Morgan fingerprint density at radius 1 is 1.23 bits per heavy atom. The van der Waals surface area contributed by atoms with Crippen molar-refractivity contribution in [2.45, 2.75) is 32.4 Å². The van der Waals surface area contributed by atoms with Gasteiger partial charge in [-0.05, 0) is 36.5 Å². The van der Waals surface area contributed by atoms with Crippen molar-refractivity contribution in [1.82, 2.24) is 19.3 Å². The maximum Gasteiger partial charge on any atom is 0.387 e. The van der Waals surface area contributed by atoms with Gasteiger partial charge in [-0.3, -0.25) is 14.0 Å².